The van der Waals surface area contributed by atoms with Gasteiger partial charge in [0.25, 0.3) is 0 Å². The number of para-hydroxylation sites is 2. The minimum Gasteiger partial charge on any atom is -0.394 e. The van der Waals surface area contributed by atoms with Gasteiger partial charge in [-0.25, -0.2) is 4.98 Å². The lowest BCUT2D eigenvalue weighted by molar-refractivity contribution is -0.122. The van der Waals surface area contributed by atoms with Gasteiger partial charge in [0.05, 0.1) is 29.5 Å². The molecule has 1 heterocycles. The second-order valence-corrected chi connectivity index (χ2v) is 5.16. The first-order valence-corrected chi connectivity index (χ1v) is 6.54. The molecule has 2 N–H and O–H groups in total. The van der Waals surface area contributed by atoms with Crippen LogP contribution in [-0.4, -0.2) is 32.7 Å². The summed E-state index contributed by atoms with van der Waals surface area (Å²) in [7, 11) is 0. The molecular formula is C14H17N3O2. The van der Waals surface area contributed by atoms with Gasteiger partial charge in [0, 0.05) is 13.0 Å². The molecule has 0 bridgehead atoms. The summed E-state index contributed by atoms with van der Waals surface area (Å²) >= 11 is 0. The van der Waals surface area contributed by atoms with E-state index >= 15 is 0 Å². The molecule has 1 aliphatic carbocycles. The van der Waals surface area contributed by atoms with Crippen LogP contribution < -0.4 is 5.32 Å². The fourth-order valence-corrected chi connectivity index (χ4v) is 2.24. The third kappa shape index (κ3) is 2.46. The van der Waals surface area contributed by atoms with Crippen molar-refractivity contribution in [2.75, 3.05) is 6.61 Å². The number of hydrogen-bond donors (Lipinski definition) is 2. The van der Waals surface area contributed by atoms with Crippen molar-refractivity contribution in [1.29, 1.82) is 0 Å². The molecule has 1 fully saturated rings. The predicted molar refractivity (Wildman–Crippen MR) is 71.5 cm³/mol. The summed E-state index contributed by atoms with van der Waals surface area (Å²) in [6.45, 7) is 0.639. The number of aliphatic hydroxyl groups is 1. The van der Waals surface area contributed by atoms with Crippen molar-refractivity contribution in [3.8, 4) is 0 Å². The number of hydrogen-bond acceptors (Lipinski definition) is 3. The standard InChI is InChI=1S/C14H17N3O2/c18-9-14(6-7-14)16-13(19)5-8-17-10-15-11-3-1-2-4-12(11)17/h1-4,10,18H,5-9H2,(H,16,19). The van der Waals surface area contributed by atoms with Crippen LogP contribution in [0.4, 0.5) is 0 Å². The van der Waals surface area contributed by atoms with Crippen molar-refractivity contribution in [3.05, 3.63) is 30.6 Å². The average Bonchev–Trinajstić information content (AvgIpc) is 3.08. The molecule has 0 aliphatic heterocycles. The lowest BCUT2D eigenvalue weighted by Gasteiger charge is -2.14. The third-order valence-corrected chi connectivity index (χ3v) is 3.67. The molecule has 1 aromatic carbocycles. The second-order valence-electron chi connectivity index (χ2n) is 5.16. The number of carbonyl (C=O) groups excluding carboxylic acids is 1. The molecule has 0 saturated heterocycles. The average molecular weight is 259 g/mol. The summed E-state index contributed by atoms with van der Waals surface area (Å²) in [6.07, 6.45) is 3.92. The van der Waals surface area contributed by atoms with Gasteiger partial charge in [0.1, 0.15) is 0 Å². The van der Waals surface area contributed by atoms with E-state index in [1.165, 1.54) is 0 Å². The number of imidazole rings is 1. The van der Waals surface area contributed by atoms with E-state index in [1.807, 2.05) is 28.8 Å². The number of carbonyl (C=O) groups is 1. The monoisotopic (exact) mass is 259 g/mol. The normalized spacial score (nSPS) is 16.5. The van der Waals surface area contributed by atoms with E-state index in [0.29, 0.717) is 13.0 Å². The van der Waals surface area contributed by atoms with Gasteiger partial charge < -0.3 is 15.0 Å². The topological polar surface area (TPSA) is 67.2 Å². The van der Waals surface area contributed by atoms with Crippen LogP contribution in [0, 0.1) is 0 Å². The second kappa shape index (κ2) is 4.66. The molecule has 1 amide bonds. The summed E-state index contributed by atoms with van der Waals surface area (Å²) in [5.41, 5.74) is 1.66. The van der Waals surface area contributed by atoms with Gasteiger partial charge in [-0.2, -0.15) is 0 Å². The van der Waals surface area contributed by atoms with E-state index in [-0.39, 0.29) is 18.1 Å². The maximum atomic E-state index is 11.8. The molecular weight excluding hydrogens is 242 g/mol. The molecule has 1 aromatic heterocycles. The molecule has 3 rings (SSSR count). The molecule has 0 atom stereocenters. The minimum atomic E-state index is -0.325. The smallest absolute Gasteiger partial charge is 0.222 e. The van der Waals surface area contributed by atoms with E-state index in [9.17, 15) is 4.79 Å². The van der Waals surface area contributed by atoms with Crippen LogP contribution in [-0.2, 0) is 11.3 Å². The van der Waals surface area contributed by atoms with E-state index in [1.54, 1.807) is 6.33 Å². The molecule has 0 spiro atoms. The number of rotatable bonds is 5. The summed E-state index contributed by atoms with van der Waals surface area (Å²) in [5, 5.41) is 12.1. The highest BCUT2D eigenvalue weighted by molar-refractivity contribution is 5.78. The highest BCUT2D eigenvalue weighted by Crippen LogP contribution is 2.34. The Morgan fingerprint density at radius 2 is 2.21 bits per heavy atom. The quantitative estimate of drug-likeness (QED) is 0.844. The van der Waals surface area contributed by atoms with Crippen LogP contribution >= 0.6 is 0 Å². The zero-order chi connectivity index (χ0) is 13.3. The van der Waals surface area contributed by atoms with Crippen LogP contribution in [0.15, 0.2) is 30.6 Å². The van der Waals surface area contributed by atoms with Crippen molar-refractivity contribution >= 4 is 16.9 Å². The zero-order valence-corrected chi connectivity index (χ0v) is 10.7. The first-order chi connectivity index (χ1) is 9.22. The number of amides is 1. The Labute approximate surface area is 111 Å². The Balaban J connectivity index is 1.61. The van der Waals surface area contributed by atoms with E-state index in [0.717, 1.165) is 23.9 Å². The van der Waals surface area contributed by atoms with Crippen molar-refractivity contribution < 1.29 is 9.90 Å². The lowest BCUT2D eigenvalue weighted by Crippen LogP contribution is -2.39. The van der Waals surface area contributed by atoms with E-state index in [2.05, 4.69) is 10.3 Å². The number of aryl methyl sites for hydroxylation is 1. The molecule has 1 saturated carbocycles. The van der Waals surface area contributed by atoms with Crippen LogP contribution in [0.2, 0.25) is 0 Å². The number of aromatic nitrogens is 2. The summed E-state index contributed by atoms with van der Waals surface area (Å²) in [5.74, 6) is -0.00988. The highest BCUT2D eigenvalue weighted by Gasteiger charge is 2.43. The van der Waals surface area contributed by atoms with Gasteiger partial charge in [-0.1, -0.05) is 12.1 Å². The number of nitrogens with zero attached hydrogens (tertiary/aromatic N) is 2. The molecule has 5 nitrogen and oxygen atoms in total. The molecule has 2 aromatic rings. The van der Waals surface area contributed by atoms with Gasteiger partial charge in [-0.15, -0.1) is 0 Å². The SMILES string of the molecule is O=C(CCn1cnc2ccccc21)NC1(CO)CC1. The van der Waals surface area contributed by atoms with Crippen LogP contribution in [0.1, 0.15) is 19.3 Å². The number of nitrogens with one attached hydrogen (secondary N) is 1. The highest BCUT2D eigenvalue weighted by atomic mass is 16.3. The van der Waals surface area contributed by atoms with Crippen LogP contribution in [0.3, 0.4) is 0 Å². The van der Waals surface area contributed by atoms with Gasteiger partial charge in [0.2, 0.25) is 5.91 Å². The van der Waals surface area contributed by atoms with E-state index < -0.39 is 0 Å². The van der Waals surface area contributed by atoms with Crippen molar-refractivity contribution in [2.45, 2.75) is 31.3 Å². The number of aliphatic hydroxyl groups excluding tert-OH is 1. The van der Waals surface area contributed by atoms with Gasteiger partial charge in [-0.05, 0) is 25.0 Å². The Morgan fingerprint density at radius 1 is 1.42 bits per heavy atom. The number of fused-ring (bicyclic) bond motifs is 1. The van der Waals surface area contributed by atoms with Crippen LogP contribution in [0.25, 0.3) is 11.0 Å². The Hall–Kier alpha value is -1.88. The van der Waals surface area contributed by atoms with Gasteiger partial charge >= 0.3 is 0 Å². The molecule has 0 unspecified atom stereocenters. The lowest BCUT2D eigenvalue weighted by atomic mass is 10.2. The molecule has 0 radical (unpaired) electrons. The fourth-order valence-electron chi connectivity index (χ4n) is 2.24. The van der Waals surface area contributed by atoms with E-state index in [4.69, 9.17) is 5.11 Å². The third-order valence-electron chi connectivity index (χ3n) is 3.67. The van der Waals surface area contributed by atoms with Gasteiger partial charge in [0.15, 0.2) is 0 Å². The molecule has 100 valence electrons. The Bertz CT molecular complexity index is 602. The minimum absolute atomic E-state index is 0.00988. The number of benzene rings is 1. The first-order valence-electron chi connectivity index (χ1n) is 6.54. The van der Waals surface area contributed by atoms with Crippen LogP contribution in [0.5, 0.6) is 0 Å². The van der Waals surface area contributed by atoms with Crippen molar-refractivity contribution in [2.24, 2.45) is 0 Å². The summed E-state index contributed by atoms with van der Waals surface area (Å²) < 4.78 is 1.98. The summed E-state index contributed by atoms with van der Waals surface area (Å²) in [6, 6.07) is 7.86. The Morgan fingerprint density at radius 3 is 2.95 bits per heavy atom. The maximum Gasteiger partial charge on any atom is 0.222 e. The largest absolute Gasteiger partial charge is 0.394 e. The molecule has 5 heteroatoms. The Kier molecular flexibility index (Phi) is 2.98. The first kappa shape index (κ1) is 12.2. The molecule has 1 aliphatic rings. The van der Waals surface area contributed by atoms with Crippen molar-refractivity contribution in [3.63, 3.8) is 0 Å². The zero-order valence-electron chi connectivity index (χ0n) is 10.7. The molecule has 19 heavy (non-hydrogen) atoms. The van der Waals surface area contributed by atoms with Gasteiger partial charge in [-0.3, -0.25) is 4.79 Å². The fraction of sp³-hybridized carbons (Fsp3) is 0.429. The van der Waals surface area contributed by atoms with Crippen molar-refractivity contribution in [1.82, 2.24) is 14.9 Å². The predicted octanol–water partition coefficient (Wildman–Crippen LogP) is 1.07. The summed E-state index contributed by atoms with van der Waals surface area (Å²) in [4.78, 5) is 16.1. The maximum absolute atomic E-state index is 11.8.